The van der Waals surface area contributed by atoms with Crippen molar-refractivity contribution in [1.29, 1.82) is 0 Å². The molecule has 0 N–H and O–H groups in total. The molecule has 1 fully saturated rings. The van der Waals surface area contributed by atoms with E-state index in [1.165, 1.54) is 0 Å². The van der Waals surface area contributed by atoms with Crippen molar-refractivity contribution >= 4 is 21.6 Å². The fourth-order valence-electron chi connectivity index (χ4n) is 4.81. The van der Waals surface area contributed by atoms with Gasteiger partial charge >= 0.3 is 6.61 Å². The fraction of sp³-hybridized carbons (Fsp3) is 0.435. The molecule has 0 aromatic heterocycles. The minimum Gasteiger partial charge on any atom is -0.466 e. The van der Waals surface area contributed by atoms with Gasteiger partial charge in [-0.05, 0) is 54.6 Å². The van der Waals surface area contributed by atoms with Gasteiger partial charge in [-0.2, -0.15) is 13.9 Å². The number of hydrogen-bond acceptors (Lipinski definition) is 5. The first-order chi connectivity index (χ1) is 15.0. The largest absolute Gasteiger partial charge is 0.466 e. The van der Waals surface area contributed by atoms with Gasteiger partial charge in [0.15, 0.2) is 0 Å². The average Bonchev–Trinajstić information content (AvgIpc) is 3.22. The second-order valence-electron chi connectivity index (χ2n) is 8.18. The van der Waals surface area contributed by atoms with E-state index in [0.29, 0.717) is 0 Å². The smallest absolute Gasteiger partial charge is 0.387 e. The quantitative estimate of drug-likeness (QED) is 0.573. The number of nitrogens with zero attached hydrogens (tertiary/aromatic N) is 3. The molecule has 5 rings (SSSR count). The topological polar surface area (TPSA) is 37.3 Å². The molecule has 0 bridgehead atoms. The lowest BCUT2D eigenvalue weighted by atomic mass is 9.90. The van der Waals surface area contributed by atoms with Crippen molar-refractivity contribution in [2.45, 2.75) is 44.6 Å². The Labute approximate surface area is 188 Å². The Morgan fingerprint density at radius 2 is 1.94 bits per heavy atom. The maximum atomic E-state index is 12.5. The molecule has 0 radical (unpaired) electrons. The molecule has 5 nitrogen and oxygen atoms in total. The van der Waals surface area contributed by atoms with Crippen molar-refractivity contribution in [1.82, 2.24) is 9.91 Å². The second-order valence-corrected chi connectivity index (χ2v) is 9.09. The van der Waals surface area contributed by atoms with Crippen LogP contribution in [0.2, 0.25) is 0 Å². The Hall–Kier alpha value is -2.19. The second kappa shape index (κ2) is 8.06. The molecular weight excluding hydrogens is 468 g/mol. The standard InChI is InChI=1S/C23H24BrF2N3O2/c1-2-28-11-9-23(10-12-28)29-20(18-13-16(24)5-8-21(18)31-23)14-19(27-29)15-3-6-17(7-4-15)30-22(25)26/h3-8,13,20,22H,2,9-12,14H2,1H3. The predicted molar refractivity (Wildman–Crippen MR) is 118 cm³/mol. The summed E-state index contributed by atoms with van der Waals surface area (Å²) in [4.78, 5) is 2.43. The molecule has 1 spiro atoms. The molecule has 3 aliphatic rings. The molecule has 3 heterocycles. The summed E-state index contributed by atoms with van der Waals surface area (Å²) < 4.78 is 37.1. The SMILES string of the molecule is CCN1CCC2(CC1)Oc1ccc(Br)cc1C1CC(c3ccc(OC(F)F)cc3)=NN12. The van der Waals surface area contributed by atoms with Crippen molar-refractivity contribution in [2.24, 2.45) is 5.10 Å². The Bertz CT molecular complexity index is 991. The third-order valence-electron chi connectivity index (χ3n) is 6.46. The number of fused-ring (bicyclic) bond motifs is 4. The molecule has 2 aromatic rings. The summed E-state index contributed by atoms with van der Waals surface area (Å²) in [6.45, 7) is 2.32. The van der Waals surface area contributed by atoms with Crippen LogP contribution in [0.15, 0.2) is 52.0 Å². The Morgan fingerprint density at radius 1 is 1.19 bits per heavy atom. The molecule has 31 heavy (non-hydrogen) atoms. The molecule has 0 saturated carbocycles. The summed E-state index contributed by atoms with van der Waals surface area (Å²) in [7, 11) is 0. The number of halogens is 3. The minimum atomic E-state index is -2.83. The normalized spacial score (nSPS) is 22.2. The summed E-state index contributed by atoms with van der Waals surface area (Å²) in [5.41, 5.74) is 2.50. The summed E-state index contributed by atoms with van der Waals surface area (Å²) >= 11 is 3.59. The zero-order valence-corrected chi connectivity index (χ0v) is 18.8. The molecule has 2 aromatic carbocycles. The Morgan fingerprint density at radius 3 is 2.61 bits per heavy atom. The molecular formula is C23H24BrF2N3O2. The number of likely N-dealkylation sites (tertiary alicyclic amines) is 1. The van der Waals surface area contributed by atoms with Crippen LogP contribution < -0.4 is 9.47 Å². The van der Waals surface area contributed by atoms with Crippen LogP contribution in [0.3, 0.4) is 0 Å². The molecule has 3 aliphatic heterocycles. The van der Waals surface area contributed by atoms with Gasteiger partial charge in [0.2, 0.25) is 5.72 Å². The van der Waals surface area contributed by atoms with Crippen molar-refractivity contribution in [3.05, 3.63) is 58.1 Å². The lowest BCUT2D eigenvalue weighted by Gasteiger charge is -2.51. The number of hydrazone groups is 1. The first kappa shape index (κ1) is 20.7. The predicted octanol–water partition coefficient (Wildman–Crippen LogP) is 5.41. The van der Waals surface area contributed by atoms with Crippen molar-refractivity contribution in [2.75, 3.05) is 19.6 Å². The first-order valence-electron chi connectivity index (χ1n) is 10.6. The van der Waals surface area contributed by atoms with E-state index in [1.54, 1.807) is 24.3 Å². The fourth-order valence-corrected chi connectivity index (χ4v) is 5.18. The van der Waals surface area contributed by atoms with Crippen molar-refractivity contribution in [3.63, 3.8) is 0 Å². The number of hydrogen-bond donors (Lipinski definition) is 0. The zero-order valence-electron chi connectivity index (χ0n) is 17.2. The third-order valence-corrected chi connectivity index (χ3v) is 6.95. The number of alkyl halides is 2. The Balaban J connectivity index is 1.49. The van der Waals surface area contributed by atoms with E-state index < -0.39 is 12.3 Å². The van der Waals surface area contributed by atoms with Gasteiger partial charge in [-0.1, -0.05) is 22.9 Å². The molecule has 8 heteroatoms. The lowest BCUT2D eigenvalue weighted by Crippen LogP contribution is -2.59. The number of rotatable bonds is 4. The highest BCUT2D eigenvalue weighted by molar-refractivity contribution is 9.10. The highest BCUT2D eigenvalue weighted by Gasteiger charge is 2.51. The molecule has 0 aliphatic carbocycles. The van der Waals surface area contributed by atoms with Gasteiger partial charge < -0.3 is 14.4 Å². The number of piperidine rings is 1. The van der Waals surface area contributed by atoms with Crippen LogP contribution in [0.4, 0.5) is 8.78 Å². The van der Waals surface area contributed by atoms with E-state index in [2.05, 4.69) is 43.6 Å². The van der Waals surface area contributed by atoms with Gasteiger partial charge in [0.05, 0.1) is 11.8 Å². The van der Waals surface area contributed by atoms with E-state index in [4.69, 9.17) is 9.84 Å². The third kappa shape index (κ3) is 3.80. The van der Waals surface area contributed by atoms with E-state index in [-0.39, 0.29) is 11.8 Å². The van der Waals surface area contributed by atoms with Crippen LogP contribution in [0.1, 0.15) is 43.4 Å². The van der Waals surface area contributed by atoms with Gasteiger partial charge in [-0.3, -0.25) is 0 Å². The molecule has 1 saturated heterocycles. The number of ether oxygens (including phenoxy) is 2. The summed E-state index contributed by atoms with van der Waals surface area (Å²) in [6.07, 6.45) is 2.50. The maximum Gasteiger partial charge on any atom is 0.387 e. The first-order valence-corrected chi connectivity index (χ1v) is 11.4. The van der Waals surface area contributed by atoms with Gasteiger partial charge in [0, 0.05) is 42.4 Å². The van der Waals surface area contributed by atoms with Crippen LogP contribution in [0.25, 0.3) is 0 Å². The summed E-state index contributed by atoms with van der Waals surface area (Å²) in [5, 5.41) is 7.19. The summed E-state index contributed by atoms with van der Waals surface area (Å²) in [5.74, 6) is 1.07. The van der Waals surface area contributed by atoms with Gasteiger partial charge in [-0.25, -0.2) is 5.01 Å². The van der Waals surface area contributed by atoms with Gasteiger partial charge in [-0.15, -0.1) is 0 Å². The van der Waals surface area contributed by atoms with E-state index in [9.17, 15) is 8.78 Å². The van der Waals surface area contributed by atoms with Gasteiger partial charge in [0.25, 0.3) is 0 Å². The van der Waals surface area contributed by atoms with E-state index in [0.717, 1.165) is 66.0 Å². The van der Waals surface area contributed by atoms with Crippen LogP contribution in [0, 0.1) is 0 Å². The monoisotopic (exact) mass is 491 g/mol. The number of benzene rings is 2. The minimum absolute atomic E-state index is 0.0846. The van der Waals surface area contributed by atoms with Crippen LogP contribution in [-0.2, 0) is 0 Å². The van der Waals surface area contributed by atoms with Crippen molar-refractivity contribution < 1.29 is 18.3 Å². The van der Waals surface area contributed by atoms with Crippen LogP contribution >= 0.6 is 15.9 Å². The molecule has 1 unspecified atom stereocenters. The molecule has 164 valence electrons. The van der Waals surface area contributed by atoms with Crippen molar-refractivity contribution in [3.8, 4) is 11.5 Å². The zero-order chi connectivity index (χ0) is 21.6. The van der Waals surface area contributed by atoms with E-state index in [1.807, 2.05) is 12.1 Å². The highest BCUT2D eigenvalue weighted by Crippen LogP contribution is 2.50. The maximum absolute atomic E-state index is 12.5. The summed E-state index contributed by atoms with van der Waals surface area (Å²) in [6, 6.07) is 13.0. The Kier molecular flexibility index (Phi) is 5.38. The van der Waals surface area contributed by atoms with Crippen LogP contribution in [0.5, 0.6) is 11.5 Å². The molecule has 0 amide bonds. The average molecular weight is 492 g/mol. The van der Waals surface area contributed by atoms with Gasteiger partial charge in [0.1, 0.15) is 11.5 Å². The van der Waals surface area contributed by atoms with E-state index >= 15 is 0 Å². The van der Waals surface area contributed by atoms with Crippen LogP contribution in [-0.4, -0.2) is 47.6 Å². The highest BCUT2D eigenvalue weighted by atomic mass is 79.9. The lowest BCUT2D eigenvalue weighted by molar-refractivity contribution is -0.149. The molecule has 1 atom stereocenters.